The summed E-state index contributed by atoms with van der Waals surface area (Å²) in [5.74, 6) is 0.329. The lowest BCUT2D eigenvalue weighted by Crippen LogP contribution is -2.04. The van der Waals surface area contributed by atoms with Crippen LogP contribution in [-0.4, -0.2) is 36.1 Å². The van der Waals surface area contributed by atoms with Gasteiger partial charge in [0.05, 0.1) is 19.6 Å². The molecule has 7 nitrogen and oxygen atoms in total. The quantitative estimate of drug-likeness (QED) is 0.210. The molecule has 0 saturated carbocycles. The third-order valence-corrected chi connectivity index (χ3v) is 6.57. The van der Waals surface area contributed by atoms with Gasteiger partial charge >= 0.3 is 0 Å². The molecule has 3 aromatic rings. The van der Waals surface area contributed by atoms with Crippen molar-refractivity contribution in [1.82, 2.24) is 0 Å². The fourth-order valence-electron chi connectivity index (χ4n) is 4.50. The van der Waals surface area contributed by atoms with E-state index >= 15 is 0 Å². The van der Waals surface area contributed by atoms with Crippen LogP contribution in [0, 0.1) is 0 Å². The van der Waals surface area contributed by atoms with Crippen molar-refractivity contribution in [2.24, 2.45) is 0 Å². The maximum atomic E-state index is 13.0. The number of hydrogen-bond acceptors (Lipinski definition) is 7. The van der Waals surface area contributed by atoms with Crippen molar-refractivity contribution in [1.29, 1.82) is 0 Å². The number of ether oxygens (including phenoxy) is 2. The summed E-state index contributed by atoms with van der Waals surface area (Å²) in [6, 6.07) is 7.92. The average Bonchev–Trinajstić information content (AvgIpc) is 2.89. The first-order chi connectivity index (χ1) is 17.5. The van der Waals surface area contributed by atoms with Gasteiger partial charge in [0.2, 0.25) is 11.2 Å². The van der Waals surface area contributed by atoms with E-state index in [4.69, 9.17) is 19.0 Å². The van der Waals surface area contributed by atoms with Gasteiger partial charge in [-0.25, -0.2) is 0 Å². The Balaban J connectivity index is 1.66. The molecule has 3 rings (SSSR count). The van der Waals surface area contributed by atoms with Gasteiger partial charge in [-0.3, -0.25) is 4.79 Å². The van der Waals surface area contributed by atoms with Gasteiger partial charge in [-0.15, -0.1) is 0 Å². The van der Waals surface area contributed by atoms with Crippen molar-refractivity contribution in [3.05, 3.63) is 46.1 Å². The molecule has 1 aromatic heterocycles. The summed E-state index contributed by atoms with van der Waals surface area (Å²) in [4.78, 5) is 13.0. The third-order valence-electron chi connectivity index (χ3n) is 6.57. The van der Waals surface area contributed by atoms with E-state index in [9.17, 15) is 15.0 Å². The summed E-state index contributed by atoms with van der Waals surface area (Å²) in [5, 5.41) is 29.6. The number of methoxy groups -OCH3 is 2. The molecule has 0 saturated heterocycles. The molecule has 0 aliphatic heterocycles. The number of phenols is 1. The van der Waals surface area contributed by atoms with Crippen LogP contribution in [0.3, 0.4) is 0 Å². The van der Waals surface area contributed by atoms with Crippen molar-refractivity contribution < 1.29 is 29.2 Å². The zero-order valence-corrected chi connectivity index (χ0v) is 21.3. The number of aliphatic hydroxyl groups excluding tert-OH is 1. The van der Waals surface area contributed by atoms with E-state index in [0.29, 0.717) is 28.9 Å². The summed E-state index contributed by atoms with van der Waals surface area (Å²) in [5.41, 5.74) is 1.13. The van der Waals surface area contributed by atoms with E-state index < -0.39 is 11.2 Å². The lowest BCUT2D eigenvalue weighted by Gasteiger charge is -2.12. The van der Waals surface area contributed by atoms with Crippen molar-refractivity contribution >= 4 is 11.0 Å². The van der Waals surface area contributed by atoms with Gasteiger partial charge in [0.1, 0.15) is 11.3 Å². The Morgan fingerprint density at radius 2 is 1.39 bits per heavy atom. The van der Waals surface area contributed by atoms with Crippen LogP contribution in [0.25, 0.3) is 22.3 Å². The van der Waals surface area contributed by atoms with Crippen LogP contribution < -0.4 is 14.9 Å². The minimum Gasteiger partial charge on any atom is -0.504 e. The minimum absolute atomic E-state index is 0.00833. The normalized spacial score (nSPS) is 11.2. The monoisotopic (exact) mass is 498 g/mol. The molecule has 1 heterocycles. The molecule has 0 bridgehead atoms. The highest BCUT2D eigenvalue weighted by molar-refractivity contribution is 5.84. The summed E-state index contributed by atoms with van der Waals surface area (Å²) < 4.78 is 16.6. The van der Waals surface area contributed by atoms with Crippen LogP contribution in [-0.2, 0) is 6.42 Å². The second-order valence-corrected chi connectivity index (χ2v) is 9.16. The SMILES string of the molecule is COc1cc(-c2oc3cc(OC)c(CCCCCCCCCCCCO)cc3c(=O)c2O)ccc1O. The highest BCUT2D eigenvalue weighted by Crippen LogP contribution is 2.37. The second kappa shape index (κ2) is 13.8. The molecule has 0 atom stereocenters. The van der Waals surface area contributed by atoms with E-state index in [1.807, 2.05) is 0 Å². The molecule has 0 aliphatic carbocycles. The van der Waals surface area contributed by atoms with Crippen LogP contribution in [0.2, 0.25) is 0 Å². The lowest BCUT2D eigenvalue weighted by atomic mass is 10.0. The van der Waals surface area contributed by atoms with Crippen molar-refractivity contribution in [2.75, 3.05) is 20.8 Å². The maximum absolute atomic E-state index is 13.0. The summed E-state index contributed by atoms with van der Waals surface area (Å²) in [6.07, 6.45) is 12.2. The smallest absolute Gasteiger partial charge is 0.235 e. The number of unbranched alkanes of at least 4 members (excludes halogenated alkanes) is 9. The molecule has 3 N–H and O–H groups in total. The molecule has 0 radical (unpaired) electrons. The lowest BCUT2D eigenvalue weighted by molar-refractivity contribution is 0.282. The highest BCUT2D eigenvalue weighted by atomic mass is 16.5. The van der Waals surface area contributed by atoms with Crippen LogP contribution in [0.15, 0.2) is 39.5 Å². The zero-order chi connectivity index (χ0) is 25.9. The van der Waals surface area contributed by atoms with Gasteiger partial charge in [0.15, 0.2) is 17.3 Å². The van der Waals surface area contributed by atoms with E-state index in [1.54, 1.807) is 25.3 Å². The summed E-state index contributed by atoms with van der Waals surface area (Å²) in [7, 11) is 3.01. The van der Waals surface area contributed by atoms with Gasteiger partial charge in [-0.2, -0.15) is 0 Å². The first-order valence-electron chi connectivity index (χ1n) is 12.8. The molecular weight excluding hydrogens is 460 g/mol. The molecule has 0 unspecified atom stereocenters. The van der Waals surface area contributed by atoms with Crippen molar-refractivity contribution in [3.63, 3.8) is 0 Å². The fourth-order valence-corrected chi connectivity index (χ4v) is 4.50. The number of fused-ring (bicyclic) bond motifs is 1. The summed E-state index contributed by atoms with van der Waals surface area (Å²) in [6.45, 7) is 0.296. The van der Waals surface area contributed by atoms with E-state index in [-0.39, 0.29) is 17.3 Å². The fraction of sp³-hybridized carbons (Fsp3) is 0.483. The Morgan fingerprint density at radius 1 is 0.778 bits per heavy atom. The molecule has 0 aliphatic rings. The van der Waals surface area contributed by atoms with E-state index in [0.717, 1.165) is 37.7 Å². The molecule has 196 valence electrons. The minimum atomic E-state index is -0.513. The molecule has 0 amide bonds. The first kappa shape index (κ1) is 27.4. The van der Waals surface area contributed by atoms with Crippen LogP contribution >= 0.6 is 0 Å². The van der Waals surface area contributed by atoms with E-state index in [2.05, 4.69) is 0 Å². The van der Waals surface area contributed by atoms with Gasteiger partial charge in [0.25, 0.3) is 0 Å². The largest absolute Gasteiger partial charge is 0.504 e. The Kier molecular flexibility index (Phi) is 10.5. The molecule has 0 fully saturated rings. The van der Waals surface area contributed by atoms with Crippen LogP contribution in [0.4, 0.5) is 0 Å². The first-order valence-corrected chi connectivity index (χ1v) is 12.8. The van der Waals surface area contributed by atoms with Crippen molar-refractivity contribution in [3.8, 4) is 34.3 Å². The van der Waals surface area contributed by atoms with Gasteiger partial charge < -0.3 is 29.2 Å². The molecule has 0 spiro atoms. The number of phenolic OH excluding ortho intramolecular Hbond substituents is 1. The Bertz CT molecular complexity index is 1180. The predicted molar refractivity (Wildman–Crippen MR) is 141 cm³/mol. The highest BCUT2D eigenvalue weighted by Gasteiger charge is 2.19. The topological polar surface area (TPSA) is 109 Å². The molecule has 2 aromatic carbocycles. The number of aryl methyl sites for hydroxylation is 1. The summed E-state index contributed by atoms with van der Waals surface area (Å²) >= 11 is 0. The van der Waals surface area contributed by atoms with Crippen molar-refractivity contribution in [2.45, 2.75) is 70.6 Å². The number of rotatable bonds is 15. The Hall–Kier alpha value is -3.19. The standard InChI is InChI=1S/C29H38O7/c1-34-24-19-25-22(17-20(24)13-11-9-7-5-3-4-6-8-10-12-16-30)27(32)28(33)29(36-25)21-14-15-23(31)26(18-21)35-2/h14-15,17-19,30-31,33H,3-13,16H2,1-2H3. The zero-order valence-electron chi connectivity index (χ0n) is 21.3. The number of aromatic hydroxyl groups is 2. The number of hydrogen-bond donors (Lipinski definition) is 3. The maximum Gasteiger partial charge on any atom is 0.235 e. The van der Waals surface area contributed by atoms with Crippen LogP contribution in [0.5, 0.6) is 23.0 Å². The van der Waals surface area contributed by atoms with Gasteiger partial charge in [-0.05, 0) is 49.1 Å². The average molecular weight is 499 g/mol. The van der Waals surface area contributed by atoms with E-state index in [1.165, 1.54) is 57.8 Å². The Labute approximate surface area is 212 Å². The van der Waals surface area contributed by atoms with Gasteiger partial charge in [-0.1, -0.05) is 51.4 Å². The number of aliphatic hydroxyl groups is 1. The predicted octanol–water partition coefficient (Wildman–Crippen LogP) is 6.32. The second-order valence-electron chi connectivity index (χ2n) is 9.16. The molecule has 7 heteroatoms. The molecule has 36 heavy (non-hydrogen) atoms. The molecular formula is C29H38O7. The third kappa shape index (κ3) is 6.94. The van der Waals surface area contributed by atoms with Crippen LogP contribution in [0.1, 0.15) is 69.8 Å². The Morgan fingerprint density at radius 3 is 2.00 bits per heavy atom. The number of benzene rings is 2. The van der Waals surface area contributed by atoms with Gasteiger partial charge in [0, 0.05) is 18.2 Å².